The van der Waals surface area contributed by atoms with Gasteiger partial charge in [0, 0.05) is 12.4 Å². The smallest absolute Gasteiger partial charge is 0.123 e. The first-order valence-electron chi connectivity index (χ1n) is 3.80. The molecule has 0 unspecified atom stereocenters. The quantitative estimate of drug-likeness (QED) is 0.441. The van der Waals surface area contributed by atoms with Crippen LogP contribution in [0.3, 0.4) is 0 Å². The van der Waals surface area contributed by atoms with E-state index in [4.69, 9.17) is 17.3 Å². The Hall–Kier alpha value is -1.75. The lowest BCUT2D eigenvalue weighted by molar-refractivity contribution is 1.04. The van der Waals surface area contributed by atoms with Crippen LogP contribution in [0.5, 0.6) is 0 Å². The number of hydrogen-bond acceptors (Lipinski definition) is 5. The van der Waals surface area contributed by atoms with Crippen LogP contribution >= 0.6 is 0 Å². The topological polar surface area (TPSA) is 94.2 Å². The minimum atomic E-state index is 0.478. The molecule has 0 spiro atoms. The molecule has 0 bridgehead atoms. The summed E-state index contributed by atoms with van der Waals surface area (Å²) >= 11 is 0. The number of rotatable bonds is 2. The summed E-state index contributed by atoms with van der Waals surface area (Å²) in [6.45, 7) is 1.83. The SMILES string of the molecule is Cc1nc(N)ccc1N(N)/C=C\N. The normalized spacial score (nSPS) is 10.6. The lowest BCUT2D eigenvalue weighted by Crippen LogP contribution is -2.25. The Morgan fingerprint density at radius 3 is 2.69 bits per heavy atom. The van der Waals surface area contributed by atoms with E-state index in [1.165, 1.54) is 11.2 Å². The molecule has 1 heterocycles. The van der Waals surface area contributed by atoms with Crippen molar-refractivity contribution in [2.24, 2.45) is 11.6 Å². The lowest BCUT2D eigenvalue weighted by atomic mass is 10.3. The number of nitrogens with zero attached hydrogens (tertiary/aromatic N) is 2. The highest BCUT2D eigenvalue weighted by atomic mass is 15.4. The molecular formula is C8H13N5. The van der Waals surface area contributed by atoms with E-state index in [0.29, 0.717) is 5.82 Å². The van der Waals surface area contributed by atoms with Crippen LogP contribution in [0, 0.1) is 6.92 Å². The van der Waals surface area contributed by atoms with Gasteiger partial charge in [-0.25, -0.2) is 10.8 Å². The molecular weight excluding hydrogens is 166 g/mol. The van der Waals surface area contributed by atoms with E-state index in [0.717, 1.165) is 11.4 Å². The minimum absolute atomic E-state index is 0.478. The minimum Gasteiger partial charge on any atom is -0.403 e. The summed E-state index contributed by atoms with van der Waals surface area (Å²) in [7, 11) is 0. The molecule has 0 saturated heterocycles. The van der Waals surface area contributed by atoms with Crippen molar-refractivity contribution in [2.45, 2.75) is 6.92 Å². The van der Waals surface area contributed by atoms with Crippen molar-refractivity contribution in [3.8, 4) is 0 Å². The summed E-state index contributed by atoms with van der Waals surface area (Å²) in [4.78, 5) is 4.06. The van der Waals surface area contributed by atoms with Gasteiger partial charge in [0.2, 0.25) is 0 Å². The van der Waals surface area contributed by atoms with Gasteiger partial charge in [-0.2, -0.15) is 0 Å². The third kappa shape index (κ3) is 2.09. The molecule has 1 aromatic heterocycles. The number of hydrogen-bond donors (Lipinski definition) is 3. The maximum absolute atomic E-state index is 5.64. The summed E-state index contributed by atoms with van der Waals surface area (Å²) in [5, 5.41) is 1.39. The number of aromatic nitrogens is 1. The van der Waals surface area contributed by atoms with Crippen LogP contribution in [0.2, 0.25) is 0 Å². The van der Waals surface area contributed by atoms with Crippen LogP contribution in [0.1, 0.15) is 5.69 Å². The predicted octanol–water partition coefficient (Wildman–Crippen LogP) is 0.0822. The van der Waals surface area contributed by atoms with Crippen molar-refractivity contribution < 1.29 is 0 Å². The summed E-state index contributed by atoms with van der Waals surface area (Å²) in [5.41, 5.74) is 12.2. The fourth-order valence-electron chi connectivity index (χ4n) is 1.02. The van der Waals surface area contributed by atoms with Gasteiger partial charge in [-0.1, -0.05) is 0 Å². The van der Waals surface area contributed by atoms with E-state index in [9.17, 15) is 0 Å². The fourth-order valence-corrected chi connectivity index (χ4v) is 1.02. The molecule has 0 amide bonds. The summed E-state index contributed by atoms with van der Waals surface area (Å²) < 4.78 is 0. The molecule has 0 saturated carbocycles. The lowest BCUT2D eigenvalue weighted by Gasteiger charge is -2.15. The van der Waals surface area contributed by atoms with Crippen LogP contribution in [0.15, 0.2) is 24.5 Å². The molecule has 0 atom stereocenters. The van der Waals surface area contributed by atoms with Crippen molar-refractivity contribution in [1.29, 1.82) is 0 Å². The van der Waals surface area contributed by atoms with Crippen molar-refractivity contribution in [3.05, 3.63) is 30.2 Å². The number of hydrazine groups is 1. The third-order valence-electron chi connectivity index (χ3n) is 1.60. The largest absolute Gasteiger partial charge is 0.403 e. The number of nitrogens with two attached hydrogens (primary N) is 3. The number of nitrogen functional groups attached to an aromatic ring is 1. The second-order valence-corrected chi connectivity index (χ2v) is 2.59. The van der Waals surface area contributed by atoms with E-state index in [2.05, 4.69) is 4.98 Å². The number of anilines is 2. The maximum atomic E-state index is 5.64. The predicted molar refractivity (Wildman–Crippen MR) is 53.4 cm³/mol. The molecule has 0 aliphatic rings. The molecule has 1 rings (SSSR count). The van der Waals surface area contributed by atoms with Crippen molar-refractivity contribution in [2.75, 3.05) is 10.7 Å². The first kappa shape index (κ1) is 9.34. The van der Waals surface area contributed by atoms with Gasteiger partial charge in [0.05, 0.1) is 11.4 Å². The first-order valence-corrected chi connectivity index (χ1v) is 3.80. The molecule has 13 heavy (non-hydrogen) atoms. The molecule has 0 aliphatic heterocycles. The fraction of sp³-hybridized carbons (Fsp3) is 0.125. The van der Waals surface area contributed by atoms with Crippen LogP contribution in [0.25, 0.3) is 0 Å². The molecule has 5 nitrogen and oxygen atoms in total. The second-order valence-electron chi connectivity index (χ2n) is 2.59. The highest BCUT2D eigenvalue weighted by Gasteiger charge is 2.02. The molecule has 0 radical (unpaired) electrons. The van der Waals surface area contributed by atoms with Gasteiger partial charge >= 0.3 is 0 Å². The Balaban J connectivity index is 3.01. The van der Waals surface area contributed by atoms with Crippen LogP contribution in [-0.4, -0.2) is 4.98 Å². The van der Waals surface area contributed by atoms with Gasteiger partial charge in [-0.05, 0) is 19.1 Å². The first-order chi connectivity index (χ1) is 6.15. The van der Waals surface area contributed by atoms with Crippen LogP contribution < -0.4 is 22.3 Å². The zero-order valence-electron chi connectivity index (χ0n) is 7.44. The van der Waals surface area contributed by atoms with E-state index in [1.807, 2.05) is 6.92 Å². The van der Waals surface area contributed by atoms with Crippen molar-refractivity contribution >= 4 is 11.5 Å². The van der Waals surface area contributed by atoms with Crippen LogP contribution in [0.4, 0.5) is 11.5 Å². The number of pyridine rings is 1. The molecule has 6 N–H and O–H groups in total. The van der Waals surface area contributed by atoms with E-state index < -0.39 is 0 Å². The molecule has 5 heteroatoms. The molecule has 0 aliphatic carbocycles. The van der Waals surface area contributed by atoms with Gasteiger partial charge in [-0.15, -0.1) is 0 Å². The number of aryl methyl sites for hydroxylation is 1. The summed E-state index contributed by atoms with van der Waals surface area (Å²) in [6.07, 6.45) is 2.90. The van der Waals surface area contributed by atoms with E-state index in [-0.39, 0.29) is 0 Å². The third-order valence-corrected chi connectivity index (χ3v) is 1.60. The second kappa shape index (κ2) is 3.77. The summed E-state index contributed by atoms with van der Waals surface area (Å²) in [5.74, 6) is 6.12. The van der Waals surface area contributed by atoms with Crippen molar-refractivity contribution in [1.82, 2.24) is 4.98 Å². The Kier molecular flexibility index (Phi) is 2.71. The molecule has 1 aromatic rings. The van der Waals surface area contributed by atoms with Crippen molar-refractivity contribution in [3.63, 3.8) is 0 Å². The maximum Gasteiger partial charge on any atom is 0.123 e. The highest BCUT2D eigenvalue weighted by molar-refractivity contribution is 5.54. The molecule has 0 fully saturated rings. The van der Waals surface area contributed by atoms with Gasteiger partial charge in [0.1, 0.15) is 5.82 Å². The van der Waals surface area contributed by atoms with Gasteiger partial charge < -0.3 is 11.5 Å². The summed E-state index contributed by atoms with van der Waals surface area (Å²) in [6, 6.07) is 3.48. The Morgan fingerprint density at radius 2 is 2.15 bits per heavy atom. The van der Waals surface area contributed by atoms with Gasteiger partial charge in [0.25, 0.3) is 0 Å². The molecule has 70 valence electrons. The highest BCUT2D eigenvalue weighted by Crippen LogP contribution is 2.16. The Morgan fingerprint density at radius 1 is 1.46 bits per heavy atom. The molecule has 0 aromatic carbocycles. The average molecular weight is 179 g/mol. The standard InChI is InChI=1S/C8H13N5/c1-6-7(13(11)5-4-9)2-3-8(10)12-6/h2-5H,9,11H2,1H3,(H2,10,12)/b5-4-. The van der Waals surface area contributed by atoms with Crippen LogP contribution in [-0.2, 0) is 0 Å². The zero-order chi connectivity index (χ0) is 9.84. The Labute approximate surface area is 76.8 Å². The van der Waals surface area contributed by atoms with Gasteiger partial charge in [-0.3, -0.25) is 5.01 Å². The monoisotopic (exact) mass is 179 g/mol. The van der Waals surface area contributed by atoms with E-state index in [1.54, 1.807) is 18.3 Å². The Bertz CT molecular complexity index is 320. The average Bonchev–Trinajstić information content (AvgIpc) is 2.04. The van der Waals surface area contributed by atoms with Gasteiger partial charge in [0.15, 0.2) is 0 Å². The zero-order valence-corrected chi connectivity index (χ0v) is 7.44. The van der Waals surface area contributed by atoms with E-state index >= 15 is 0 Å².